The maximum atomic E-state index is 12.0. The maximum Gasteiger partial charge on any atom is 0.253 e. The molecule has 104 valence electrons. The van der Waals surface area contributed by atoms with E-state index in [1.807, 2.05) is 0 Å². The number of methoxy groups -OCH3 is 1. The van der Waals surface area contributed by atoms with Crippen molar-refractivity contribution in [3.05, 3.63) is 23.8 Å². The summed E-state index contributed by atoms with van der Waals surface area (Å²) in [6, 6.07) is 5.06. The molecule has 5 heteroatoms. The van der Waals surface area contributed by atoms with Crippen LogP contribution in [0.25, 0.3) is 0 Å². The highest BCUT2D eigenvalue weighted by molar-refractivity contribution is 5.99. The van der Waals surface area contributed by atoms with Gasteiger partial charge in [-0.1, -0.05) is 0 Å². The van der Waals surface area contributed by atoms with Gasteiger partial charge in [-0.2, -0.15) is 0 Å². The summed E-state index contributed by atoms with van der Waals surface area (Å²) in [4.78, 5) is 12.0. The summed E-state index contributed by atoms with van der Waals surface area (Å²) >= 11 is 0. The fraction of sp³-hybridized carbons (Fsp3) is 0.500. The van der Waals surface area contributed by atoms with Crippen LogP contribution in [0.5, 0.6) is 5.75 Å². The van der Waals surface area contributed by atoms with Crippen molar-refractivity contribution in [3.8, 4) is 5.75 Å². The molecular formula is C14H20N2O3. The number of hydrogen-bond donors (Lipinski definition) is 2. The molecule has 1 aliphatic rings. The van der Waals surface area contributed by atoms with E-state index in [1.54, 1.807) is 25.3 Å². The Morgan fingerprint density at radius 2 is 2.42 bits per heavy atom. The minimum absolute atomic E-state index is 0.147. The van der Waals surface area contributed by atoms with Crippen LogP contribution in [-0.4, -0.2) is 32.8 Å². The van der Waals surface area contributed by atoms with Crippen molar-refractivity contribution in [3.63, 3.8) is 0 Å². The quantitative estimate of drug-likeness (QED) is 0.807. The first-order chi connectivity index (χ1) is 9.20. The first kappa shape index (κ1) is 13.7. The van der Waals surface area contributed by atoms with Gasteiger partial charge in [0.1, 0.15) is 5.75 Å². The van der Waals surface area contributed by atoms with Crippen LogP contribution in [-0.2, 0) is 4.74 Å². The van der Waals surface area contributed by atoms with E-state index in [0.29, 0.717) is 29.5 Å². The molecule has 0 spiro atoms. The first-order valence-corrected chi connectivity index (χ1v) is 6.50. The molecule has 1 aliphatic heterocycles. The minimum Gasteiger partial charge on any atom is -0.497 e. The zero-order valence-corrected chi connectivity index (χ0v) is 11.1. The molecule has 0 radical (unpaired) electrons. The van der Waals surface area contributed by atoms with E-state index in [-0.39, 0.29) is 5.91 Å². The molecule has 1 heterocycles. The molecular weight excluding hydrogens is 244 g/mol. The lowest BCUT2D eigenvalue weighted by atomic mass is 10.0. The summed E-state index contributed by atoms with van der Waals surface area (Å²) in [5.41, 5.74) is 6.75. The van der Waals surface area contributed by atoms with Crippen LogP contribution in [0, 0.1) is 5.92 Å². The molecule has 0 bridgehead atoms. The summed E-state index contributed by atoms with van der Waals surface area (Å²) in [6.45, 7) is 2.18. The molecule has 19 heavy (non-hydrogen) atoms. The molecule has 0 aromatic heterocycles. The number of nitrogens with one attached hydrogen (secondary N) is 1. The first-order valence-electron chi connectivity index (χ1n) is 6.50. The van der Waals surface area contributed by atoms with Gasteiger partial charge < -0.3 is 20.5 Å². The fourth-order valence-electron chi connectivity index (χ4n) is 2.18. The van der Waals surface area contributed by atoms with Gasteiger partial charge >= 0.3 is 0 Å². The number of nitrogen functional groups attached to an aromatic ring is 1. The maximum absolute atomic E-state index is 12.0. The Morgan fingerprint density at radius 1 is 1.58 bits per heavy atom. The van der Waals surface area contributed by atoms with Crippen LogP contribution < -0.4 is 15.8 Å². The number of rotatable bonds is 4. The van der Waals surface area contributed by atoms with Crippen molar-refractivity contribution >= 4 is 11.6 Å². The molecule has 0 aliphatic carbocycles. The van der Waals surface area contributed by atoms with E-state index in [2.05, 4.69) is 5.32 Å². The SMILES string of the molecule is COc1ccc(C(=O)NCC2CCCOC2)c(N)c1. The van der Waals surface area contributed by atoms with Gasteiger partial charge in [-0.25, -0.2) is 0 Å². The minimum atomic E-state index is -0.147. The summed E-state index contributed by atoms with van der Waals surface area (Å²) < 4.78 is 10.4. The molecule has 1 aromatic rings. The Balaban J connectivity index is 1.92. The molecule has 1 aromatic carbocycles. The average Bonchev–Trinajstić information content (AvgIpc) is 2.45. The summed E-state index contributed by atoms with van der Waals surface area (Å²) in [5, 5.41) is 2.91. The second-order valence-corrected chi connectivity index (χ2v) is 4.75. The molecule has 5 nitrogen and oxygen atoms in total. The van der Waals surface area contributed by atoms with E-state index in [4.69, 9.17) is 15.2 Å². The third kappa shape index (κ3) is 3.61. The normalized spacial score (nSPS) is 18.9. The standard InChI is InChI=1S/C14H20N2O3/c1-18-11-4-5-12(13(15)7-11)14(17)16-8-10-3-2-6-19-9-10/h4-5,7,10H,2-3,6,8-9,15H2,1H3,(H,16,17). The van der Waals surface area contributed by atoms with Crippen molar-refractivity contribution in [2.24, 2.45) is 5.92 Å². The second kappa shape index (κ2) is 6.43. The number of carbonyl (C=O) groups is 1. The molecule has 1 amide bonds. The number of nitrogens with two attached hydrogens (primary N) is 1. The Hall–Kier alpha value is -1.75. The summed E-state index contributed by atoms with van der Waals surface area (Å²) in [7, 11) is 1.57. The number of amides is 1. The smallest absolute Gasteiger partial charge is 0.253 e. The predicted molar refractivity (Wildman–Crippen MR) is 73.3 cm³/mol. The van der Waals surface area contributed by atoms with Gasteiger partial charge in [0.2, 0.25) is 0 Å². The zero-order chi connectivity index (χ0) is 13.7. The highest BCUT2D eigenvalue weighted by Gasteiger charge is 2.16. The Kier molecular flexibility index (Phi) is 4.63. The fourth-order valence-corrected chi connectivity index (χ4v) is 2.18. The molecule has 0 saturated carbocycles. The van der Waals surface area contributed by atoms with Gasteiger partial charge in [0.25, 0.3) is 5.91 Å². The zero-order valence-electron chi connectivity index (χ0n) is 11.1. The summed E-state index contributed by atoms with van der Waals surface area (Å²) in [6.07, 6.45) is 2.16. The van der Waals surface area contributed by atoms with Crippen molar-refractivity contribution in [2.45, 2.75) is 12.8 Å². The number of carbonyl (C=O) groups excluding carboxylic acids is 1. The van der Waals surface area contributed by atoms with Gasteiger partial charge in [0.15, 0.2) is 0 Å². The van der Waals surface area contributed by atoms with Crippen molar-refractivity contribution in [2.75, 3.05) is 32.6 Å². The topological polar surface area (TPSA) is 73.6 Å². The van der Waals surface area contributed by atoms with E-state index < -0.39 is 0 Å². The van der Waals surface area contributed by atoms with Gasteiger partial charge in [-0.15, -0.1) is 0 Å². The molecule has 1 unspecified atom stereocenters. The largest absolute Gasteiger partial charge is 0.497 e. The van der Waals surface area contributed by atoms with Crippen LogP contribution in [0.15, 0.2) is 18.2 Å². The van der Waals surface area contributed by atoms with Crippen LogP contribution in [0.3, 0.4) is 0 Å². The van der Waals surface area contributed by atoms with Gasteiger partial charge in [-0.05, 0) is 30.9 Å². The molecule has 1 atom stereocenters. The third-order valence-corrected chi connectivity index (χ3v) is 3.31. The van der Waals surface area contributed by atoms with Crippen LogP contribution in [0.4, 0.5) is 5.69 Å². The molecule has 1 saturated heterocycles. The predicted octanol–water partition coefficient (Wildman–Crippen LogP) is 1.43. The number of hydrogen-bond acceptors (Lipinski definition) is 4. The van der Waals surface area contributed by atoms with Gasteiger partial charge in [0.05, 0.1) is 19.3 Å². The Bertz CT molecular complexity index is 442. The van der Waals surface area contributed by atoms with Crippen molar-refractivity contribution < 1.29 is 14.3 Å². The Morgan fingerprint density at radius 3 is 3.05 bits per heavy atom. The lowest BCUT2D eigenvalue weighted by molar-refractivity contribution is 0.0536. The number of anilines is 1. The second-order valence-electron chi connectivity index (χ2n) is 4.75. The molecule has 2 rings (SSSR count). The molecule has 3 N–H and O–H groups in total. The molecule has 1 fully saturated rings. The van der Waals surface area contributed by atoms with Gasteiger partial charge in [-0.3, -0.25) is 4.79 Å². The van der Waals surface area contributed by atoms with E-state index in [9.17, 15) is 4.79 Å². The van der Waals surface area contributed by atoms with Crippen LogP contribution in [0.2, 0.25) is 0 Å². The average molecular weight is 264 g/mol. The number of ether oxygens (including phenoxy) is 2. The van der Waals surface area contributed by atoms with E-state index in [1.165, 1.54) is 0 Å². The monoisotopic (exact) mass is 264 g/mol. The number of benzene rings is 1. The van der Waals surface area contributed by atoms with Crippen molar-refractivity contribution in [1.82, 2.24) is 5.32 Å². The highest BCUT2D eigenvalue weighted by Crippen LogP contribution is 2.19. The van der Waals surface area contributed by atoms with Crippen molar-refractivity contribution in [1.29, 1.82) is 0 Å². The third-order valence-electron chi connectivity index (χ3n) is 3.31. The lowest BCUT2D eigenvalue weighted by Crippen LogP contribution is -2.33. The van der Waals surface area contributed by atoms with Crippen LogP contribution in [0.1, 0.15) is 23.2 Å². The summed E-state index contributed by atoms with van der Waals surface area (Å²) in [5.74, 6) is 0.901. The van der Waals surface area contributed by atoms with E-state index >= 15 is 0 Å². The van der Waals surface area contributed by atoms with Gasteiger partial charge in [0, 0.05) is 24.9 Å². The highest BCUT2D eigenvalue weighted by atomic mass is 16.5. The Labute approximate surface area is 113 Å². The van der Waals surface area contributed by atoms with Crippen LogP contribution >= 0.6 is 0 Å². The van der Waals surface area contributed by atoms with E-state index in [0.717, 1.165) is 26.1 Å². The lowest BCUT2D eigenvalue weighted by Gasteiger charge is -2.22.